The molecule has 8 heteroatoms. The molecule has 0 amide bonds. The molecule has 0 fully saturated rings. The molecule has 0 radical (unpaired) electrons. The molecule has 0 aliphatic rings. The molecule has 2 unspecified atom stereocenters. The monoisotopic (exact) mass is 411 g/mol. The zero-order valence-corrected chi connectivity index (χ0v) is 18.6. The molecule has 0 saturated carbocycles. The average molecular weight is 412 g/mol. The van der Waals surface area contributed by atoms with Crippen LogP contribution in [0.3, 0.4) is 0 Å². The van der Waals surface area contributed by atoms with E-state index in [1.807, 2.05) is 41.5 Å². The van der Waals surface area contributed by atoms with Gasteiger partial charge in [0.1, 0.15) is 10.6 Å². The number of nitrogens with one attached hydrogen (secondary N) is 1. The maximum absolute atomic E-state index is 13.0. The van der Waals surface area contributed by atoms with Crippen molar-refractivity contribution in [2.24, 2.45) is 5.92 Å². The number of rotatable bonds is 6. The fourth-order valence-electron chi connectivity index (χ4n) is 2.53. The molecule has 0 spiro atoms. The highest BCUT2D eigenvalue weighted by Gasteiger charge is 2.33. The molecule has 1 N–H and O–H groups in total. The lowest BCUT2D eigenvalue weighted by atomic mass is 10.0. The number of imidazole rings is 1. The highest BCUT2D eigenvalue weighted by atomic mass is 32.2. The van der Waals surface area contributed by atoms with Crippen molar-refractivity contribution in [1.82, 2.24) is 13.7 Å². The van der Waals surface area contributed by atoms with E-state index in [2.05, 4.69) is 9.71 Å². The third kappa shape index (κ3) is 4.93. The largest absolute Gasteiger partial charge is 0.598 e. The summed E-state index contributed by atoms with van der Waals surface area (Å²) in [4.78, 5) is 4.68. The first-order chi connectivity index (χ1) is 12.3. The molecule has 0 bridgehead atoms. The number of aryl methyl sites for hydroxylation is 2. The average Bonchev–Trinajstić information content (AvgIpc) is 2.93. The number of nitrogens with zero attached hydrogens (tertiary/aromatic N) is 2. The van der Waals surface area contributed by atoms with Crippen LogP contribution in [-0.2, 0) is 21.4 Å². The molecule has 0 aliphatic heterocycles. The van der Waals surface area contributed by atoms with Gasteiger partial charge >= 0.3 is 0 Å². The Balaban J connectivity index is 2.42. The maximum Gasteiger partial charge on any atom is 0.269 e. The SMILES string of the molecule is Cc1ccc(S(=O)(=O)n2cc(C(N[S+]([O-])C(C)(C)C)C(C)C)nc2C)cc1. The fourth-order valence-corrected chi connectivity index (χ4v) is 4.85. The van der Waals surface area contributed by atoms with Crippen molar-refractivity contribution in [2.45, 2.75) is 64.2 Å². The summed E-state index contributed by atoms with van der Waals surface area (Å²) in [6.07, 6.45) is 1.53. The van der Waals surface area contributed by atoms with Gasteiger partial charge in [-0.25, -0.2) is 17.4 Å². The van der Waals surface area contributed by atoms with Crippen molar-refractivity contribution in [3.05, 3.63) is 47.5 Å². The molecule has 2 atom stereocenters. The van der Waals surface area contributed by atoms with Crippen molar-refractivity contribution in [3.63, 3.8) is 0 Å². The lowest BCUT2D eigenvalue weighted by Gasteiger charge is -2.28. The second-order valence-electron chi connectivity index (χ2n) is 8.05. The van der Waals surface area contributed by atoms with Crippen LogP contribution in [0.15, 0.2) is 35.4 Å². The predicted molar refractivity (Wildman–Crippen MR) is 109 cm³/mol. The summed E-state index contributed by atoms with van der Waals surface area (Å²) in [5.41, 5.74) is 1.56. The van der Waals surface area contributed by atoms with E-state index < -0.39 is 26.1 Å². The van der Waals surface area contributed by atoms with Gasteiger partial charge < -0.3 is 4.55 Å². The molecule has 1 heterocycles. The Bertz CT molecular complexity index is 882. The highest BCUT2D eigenvalue weighted by molar-refractivity contribution is 7.90. The highest BCUT2D eigenvalue weighted by Crippen LogP contribution is 2.27. The van der Waals surface area contributed by atoms with Gasteiger partial charge in [0.25, 0.3) is 10.0 Å². The first-order valence-electron chi connectivity index (χ1n) is 8.90. The van der Waals surface area contributed by atoms with E-state index in [9.17, 15) is 13.0 Å². The van der Waals surface area contributed by atoms with Gasteiger partial charge in [-0.3, -0.25) is 0 Å². The van der Waals surface area contributed by atoms with E-state index in [0.29, 0.717) is 11.5 Å². The lowest BCUT2D eigenvalue weighted by Crippen LogP contribution is -2.42. The Labute approximate surface area is 165 Å². The summed E-state index contributed by atoms with van der Waals surface area (Å²) < 4.78 is 42.4. The minimum atomic E-state index is -3.73. The Morgan fingerprint density at radius 2 is 1.70 bits per heavy atom. The summed E-state index contributed by atoms with van der Waals surface area (Å²) in [6.45, 7) is 13.2. The summed E-state index contributed by atoms with van der Waals surface area (Å²) in [5.74, 6) is 0.459. The van der Waals surface area contributed by atoms with Gasteiger partial charge in [-0.2, -0.15) is 0 Å². The van der Waals surface area contributed by atoms with Crippen LogP contribution in [-0.4, -0.2) is 26.7 Å². The minimum absolute atomic E-state index is 0.0844. The summed E-state index contributed by atoms with van der Waals surface area (Å²) in [6, 6.07) is 6.40. The smallest absolute Gasteiger partial charge is 0.269 e. The topological polar surface area (TPSA) is 87.0 Å². The molecule has 2 rings (SSSR count). The fraction of sp³-hybridized carbons (Fsp3) is 0.526. The number of benzene rings is 1. The Kier molecular flexibility index (Phi) is 6.46. The molecule has 2 aromatic rings. The Hall–Kier alpha value is -1.35. The molecule has 6 nitrogen and oxygen atoms in total. The van der Waals surface area contributed by atoms with Crippen LogP contribution < -0.4 is 4.72 Å². The lowest BCUT2D eigenvalue weighted by molar-refractivity contribution is 0.445. The third-order valence-corrected chi connectivity index (χ3v) is 7.55. The zero-order chi connectivity index (χ0) is 20.6. The van der Waals surface area contributed by atoms with Crippen LogP contribution in [0.25, 0.3) is 0 Å². The van der Waals surface area contributed by atoms with Crippen molar-refractivity contribution < 1.29 is 13.0 Å². The second kappa shape index (κ2) is 7.95. The first-order valence-corrected chi connectivity index (χ1v) is 11.5. The van der Waals surface area contributed by atoms with Gasteiger partial charge in [0.15, 0.2) is 0 Å². The van der Waals surface area contributed by atoms with E-state index in [0.717, 1.165) is 5.56 Å². The molecule has 1 aromatic carbocycles. The Morgan fingerprint density at radius 3 is 2.19 bits per heavy atom. The molecule has 27 heavy (non-hydrogen) atoms. The Morgan fingerprint density at radius 1 is 1.15 bits per heavy atom. The number of hydrogen-bond donors (Lipinski definition) is 1. The quantitative estimate of drug-likeness (QED) is 0.735. The molecule has 0 aliphatic carbocycles. The van der Waals surface area contributed by atoms with Crippen molar-refractivity contribution in [1.29, 1.82) is 0 Å². The predicted octanol–water partition coefficient (Wildman–Crippen LogP) is 3.49. The second-order valence-corrected chi connectivity index (χ2v) is 11.9. The summed E-state index contributed by atoms with van der Waals surface area (Å²) in [7, 11) is -3.73. The molecule has 0 saturated heterocycles. The van der Waals surface area contributed by atoms with Gasteiger partial charge in [0.2, 0.25) is 0 Å². The van der Waals surface area contributed by atoms with Crippen molar-refractivity contribution >= 4 is 21.4 Å². The molecular weight excluding hydrogens is 382 g/mol. The minimum Gasteiger partial charge on any atom is -0.598 e. The molecule has 150 valence electrons. The van der Waals surface area contributed by atoms with Crippen LogP contribution in [0.2, 0.25) is 0 Å². The standard InChI is InChI=1S/C19H29N3O3S2/c1-13(2)18(21-26(23)19(5,6)7)17-12-22(15(4)20-17)27(24,25)16-10-8-14(3)9-11-16/h8-13,18,21H,1-7H3. The van der Waals surface area contributed by atoms with Gasteiger partial charge in [-0.05, 0) is 52.7 Å². The van der Waals surface area contributed by atoms with Crippen LogP contribution >= 0.6 is 0 Å². The van der Waals surface area contributed by atoms with Crippen LogP contribution in [0.5, 0.6) is 0 Å². The number of hydrogen-bond acceptors (Lipinski definition) is 5. The van der Waals surface area contributed by atoms with Gasteiger partial charge in [0, 0.05) is 17.6 Å². The van der Waals surface area contributed by atoms with E-state index in [1.54, 1.807) is 31.2 Å². The number of aromatic nitrogens is 2. The molecular formula is C19H29N3O3S2. The molecule has 1 aromatic heterocycles. The normalized spacial score (nSPS) is 15.1. The van der Waals surface area contributed by atoms with E-state index in [-0.39, 0.29) is 16.9 Å². The van der Waals surface area contributed by atoms with E-state index in [4.69, 9.17) is 0 Å². The van der Waals surface area contributed by atoms with Crippen molar-refractivity contribution in [3.8, 4) is 0 Å². The van der Waals surface area contributed by atoms with Crippen LogP contribution in [0.1, 0.15) is 57.7 Å². The maximum atomic E-state index is 13.0. The van der Waals surface area contributed by atoms with Gasteiger partial charge in [-0.15, -0.1) is 4.72 Å². The summed E-state index contributed by atoms with van der Waals surface area (Å²) in [5, 5.41) is 0. The van der Waals surface area contributed by atoms with Gasteiger partial charge in [-0.1, -0.05) is 31.5 Å². The van der Waals surface area contributed by atoms with E-state index >= 15 is 0 Å². The van der Waals surface area contributed by atoms with Crippen LogP contribution in [0.4, 0.5) is 0 Å². The van der Waals surface area contributed by atoms with Crippen LogP contribution in [0, 0.1) is 19.8 Å². The van der Waals surface area contributed by atoms with E-state index in [1.165, 1.54) is 10.2 Å². The first kappa shape index (κ1) is 21.9. The summed E-state index contributed by atoms with van der Waals surface area (Å²) >= 11 is -1.29. The third-order valence-electron chi connectivity index (χ3n) is 4.21. The van der Waals surface area contributed by atoms with Gasteiger partial charge in [0.05, 0.1) is 16.6 Å². The zero-order valence-electron chi connectivity index (χ0n) is 17.0. The van der Waals surface area contributed by atoms with Crippen molar-refractivity contribution in [2.75, 3.05) is 0 Å².